The lowest BCUT2D eigenvalue weighted by Gasteiger charge is -2.24. The predicted molar refractivity (Wildman–Crippen MR) is 96.7 cm³/mol. The van der Waals surface area contributed by atoms with E-state index in [0.29, 0.717) is 31.0 Å². The Bertz CT molecular complexity index is 924. The van der Waals surface area contributed by atoms with Crippen LogP contribution in [0.15, 0.2) is 19.0 Å². The molecule has 4 rings (SSSR count). The maximum absolute atomic E-state index is 14.6. The third-order valence-corrected chi connectivity index (χ3v) is 4.75. The summed E-state index contributed by atoms with van der Waals surface area (Å²) >= 11 is 0. The molecular formula is C17H21FN8. The van der Waals surface area contributed by atoms with Crippen LogP contribution in [0, 0.1) is 5.82 Å². The Morgan fingerprint density at radius 1 is 0.923 bits per heavy atom. The normalized spacial score (nSPS) is 15.5. The molecule has 0 unspecified atom stereocenters. The number of aryl methyl sites for hydroxylation is 2. The van der Waals surface area contributed by atoms with Gasteiger partial charge in [0.1, 0.15) is 12.7 Å². The molecule has 0 saturated carbocycles. The maximum atomic E-state index is 14.6. The van der Waals surface area contributed by atoms with Crippen LogP contribution >= 0.6 is 0 Å². The van der Waals surface area contributed by atoms with Crippen molar-refractivity contribution >= 4 is 22.8 Å². The zero-order valence-corrected chi connectivity index (χ0v) is 14.9. The minimum Gasteiger partial charge on any atom is -0.353 e. The first kappa shape index (κ1) is 16.6. The number of nitrogens with zero attached hydrogens (tertiary/aromatic N) is 8. The van der Waals surface area contributed by atoms with Crippen LogP contribution in [0.1, 0.15) is 19.0 Å². The average molecular weight is 356 g/mol. The van der Waals surface area contributed by atoms with Gasteiger partial charge in [-0.3, -0.25) is 0 Å². The van der Waals surface area contributed by atoms with Gasteiger partial charge in [-0.25, -0.2) is 29.3 Å². The van der Waals surface area contributed by atoms with Crippen LogP contribution in [-0.4, -0.2) is 55.7 Å². The van der Waals surface area contributed by atoms with E-state index in [9.17, 15) is 4.39 Å². The number of fused-ring (bicyclic) bond motifs is 1. The largest absolute Gasteiger partial charge is 0.353 e. The molecule has 9 heteroatoms. The van der Waals surface area contributed by atoms with Crippen molar-refractivity contribution in [2.24, 2.45) is 7.05 Å². The molecule has 1 saturated heterocycles. The Hall–Kier alpha value is -2.84. The first-order valence-corrected chi connectivity index (χ1v) is 8.80. The lowest BCUT2D eigenvalue weighted by atomic mass is 10.3. The van der Waals surface area contributed by atoms with Crippen LogP contribution in [-0.2, 0) is 13.5 Å². The first-order chi connectivity index (χ1) is 12.7. The Balaban J connectivity index is 1.59. The minimum atomic E-state index is -0.308. The highest BCUT2D eigenvalue weighted by atomic mass is 19.1. The number of rotatable bonds is 3. The van der Waals surface area contributed by atoms with Gasteiger partial charge in [0.15, 0.2) is 28.6 Å². The number of halogens is 1. The fourth-order valence-corrected chi connectivity index (χ4v) is 3.37. The highest BCUT2D eigenvalue weighted by molar-refractivity contribution is 5.83. The van der Waals surface area contributed by atoms with E-state index in [-0.39, 0.29) is 5.82 Å². The van der Waals surface area contributed by atoms with Gasteiger partial charge < -0.3 is 14.4 Å². The second kappa shape index (κ2) is 6.81. The molecule has 0 aromatic carbocycles. The van der Waals surface area contributed by atoms with Gasteiger partial charge in [0, 0.05) is 33.2 Å². The van der Waals surface area contributed by atoms with Crippen molar-refractivity contribution in [3.8, 4) is 0 Å². The zero-order valence-electron chi connectivity index (χ0n) is 14.9. The molecule has 0 radical (unpaired) electrons. The predicted octanol–water partition coefficient (Wildman–Crippen LogP) is 1.57. The molecule has 136 valence electrons. The summed E-state index contributed by atoms with van der Waals surface area (Å²) in [6, 6.07) is 0. The van der Waals surface area contributed by atoms with E-state index in [4.69, 9.17) is 0 Å². The lowest BCUT2D eigenvalue weighted by molar-refractivity contribution is 0.584. The van der Waals surface area contributed by atoms with E-state index < -0.39 is 0 Å². The molecule has 1 fully saturated rings. The van der Waals surface area contributed by atoms with Gasteiger partial charge in [-0.15, -0.1) is 0 Å². The summed E-state index contributed by atoms with van der Waals surface area (Å²) in [5.74, 6) is 0.914. The number of hydrogen-bond acceptors (Lipinski definition) is 7. The molecular weight excluding hydrogens is 335 g/mol. The van der Waals surface area contributed by atoms with Gasteiger partial charge >= 0.3 is 0 Å². The van der Waals surface area contributed by atoms with Gasteiger partial charge in [0.2, 0.25) is 0 Å². The monoisotopic (exact) mass is 356 g/mol. The van der Waals surface area contributed by atoms with Gasteiger partial charge in [0.25, 0.3) is 0 Å². The van der Waals surface area contributed by atoms with Crippen molar-refractivity contribution in [1.82, 2.24) is 29.5 Å². The van der Waals surface area contributed by atoms with Crippen molar-refractivity contribution in [3.63, 3.8) is 0 Å². The molecule has 0 aliphatic carbocycles. The average Bonchev–Trinajstić information content (AvgIpc) is 2.89. The molecule has 26 heavy (non-hydrogen) atoms. The molecule has 1 aliphatic rings. The summed E-state index contributed by atoms with van der Waals surface area (Å²) in [6.45, 7) is 4.84. The standard InChI is InChI=1S/C17H21FN8/c1-3-12-13(18)15(20-9-19-12)25-5-4-6-26(8-7-25)17-14-16(21-10-22-17)24(2)11-23-14/h9-11H,3-8H2,1-2H3. The van der Waals surface area contributed by atoms with Crippen LogP contribution in [0.3, 0.4) is 0 Å². The highest BCUT2D eigenvalue weighted by Gasteiger charge is 2.23. The number of hydrogen-bond donors (Lipinski definition) is 0. The number of anilines is 2. The number of aromatic nitrogens is 6. The lowest BCUT2D eigenvalue weighted by Crippen LogP contribution is -2.32. The van der Waals surface area contributed by atoms with Crippen LogP contribution in [0.5, 0.6) is 0 Å². The minimum absolute atomic E-state index is 0.308. The van der Waals surface area contributed by atoms with Crippen molar-refractivity contribution in [3.05, 3.63) is 30.5 Å². The maximum Gasteiger partial charge on any atom is 0.187 e. The van der Waals surface area contributed by atoms with E-state index in [0.717, 1.165) is 36.5 Å². The van der Waals surface area contributed by atoms with Crippen molar-refractivity contribution in [2.45, 2.75) is 19.8 Å². The summed E-state index contributed by atoms with van der Waals surface area (Å²) in [7, 11) is 1.92. The molecule has 8 nitrogen and oxygen atoms in total. The van der Waals surface area contributed by atoms with Crippen LogP contribution < -0.4 is 9.80 Å². The summed E-state index contributed by atoms with van der Waals surface area (Å²) in [5.41, 5.74) is 2.07. The summed E-state index contributed by atoms with van der Waals surface area (Å²) in [4.78, 5) is 25.6. The summed E-state index contributed by atoms with van der Waals surface area (Å²) in [5, 5.41) is 0. The Labute approximate surface area is 150 Å². The van der Waals surface area contributed by atoms with E-state index >= 15 is 0 Å². The molecule has 0 atom stereocenters. The van der Waals surface area contributed by atoms with Crippen molar-refractivity contribution in [2.75, 3.05) is 36.0 Å². The molecule has 0 N–H and O–H groups in total. The van der Waals surface area contributed by atoms with Crippen molar-refractivity contribution < 1.29 is 4.39 Å². The molecule has 0 bridgehead atoms. The Morgan fingerprint density at radius 2 is 1.62 bits per heavy atom. The van der Waals surface area contributed by atoms with Gasteiger partial charge in [0.05, 0.1) is 12.0 Å². The quantitative estimate of drug-likeness (QED) is 0.705. The van der Waals surface area contributed by atoms with Crippen LogP contribution in [0.2, 0.25) is 0 Å². The topological polar surface area (TPSA) is 75.9 Å². The second-order valence-electron chi connectivity index (χ2n) is 6.36. The van der Waals surface area contributed by atoms with E-state index in [1.807, 2.05) is 23.4 Å². The molecule has 0 spiro atoms. The van der Waals surface area contributed by atoms with Gasteiger partial charge in [-0.2, -0.15) is 0 Å². The van der Waals surface area contributed by atoms with E-state index in [1.165, 1.54) is 6.33 Å². The summed E-state index contributed by atoms with van der Waals surface area (Å²) < 4.78 is 16.5. The second-order valence-corrected chi connectivity index (χ2v) is 6.36. The smallest absolute Gasteiger partial charge is 0.187 e. The van der Waals surface area contributed by atoms with E-state index in [2.05, 4.69) is 29.8 Å². The molecule has 0 amide bonds. The third kappa shape index (κ3) is 2.83. The third-order valence-electron chi connectivity index (χ3n) is 4.75. The highest BCUT2D eigenvalue weighted by Crippen LogP contribution is 2.24. The Kier molecular flexibility index (Phi) is 4.36. The summed E-state index contributed by atoms with van der Waals surface area (Å²) in [6.07, 6.45) is 6.19. The Morgan fingerprint density at radius 3 is 2.38 bits per heavy atom. The fraction of sp³-hybridized carbons (Fsp3) is 0.471. The zero-order chi connectivity index (χ0) is 18.1. The molecule has 3 aromatic heterocycles. The van der Waals surface area contributed by atoms with E-state index in [1.54, 1.807) is 12.7 Å². The first-order valence-electron chi connectivity index (χ1n) is 8.80. The van der Waals surface area contributed by atoms with Gasteiger partial charge in [-0.05, 0) is 12.8 Å². The van der Waals surface area contributed by atoms with Crippen LogP contribution in [0.4, 0.5) is 16.0 Å². The SMILES string of the molecule is CCc1ncnc(N2CCCN(c3ncnc4c3ncn4C)CC2)c1F. The van der Waals surface area contributed by atoms with Crippen LogP contribution in [0.25, 0.3) is 11.2 Å². The number of imidazole rings is 1. The molecule has 3 aromatic rings. The fourth-order valence-electron chi connectivity index (χ4n) is 3.37. The molecule has 4 heterocycles. The van der Waals surface area contributed by atoms with Crippen molar-refractivity contribution in [1.29, 1.82) is 0 Å². The molecule has 1 aliphatic heterocycles. The van der Waals surface area contributed by atoms with Gasteiger partial charge in [-0.1, -0.05) is 6.92 Å².